The Bertz CT molecular complexity index is 2700. The Morgan fingerprint density at radius 1 is 0.744 bits per heavy atom. The number of ketones is 3. The number of rotatable bonds is 28. The molecule has 8 N–H and O–H groups in total. The fraction of sp³-hybridized carbons (Fsp3) is 0.475. The van der Waals surface area contributed by atoms with Gasteiger partial charge in [-0.3, -0.25) is 24.0 Å². The number of carboxylic acids is 1. The third kappa shape index (κ3) is 19.4. The van der Waals surface area contributed by atoms with Crippen molar-refractivity contribution >= 4 is 58.3 Å². The molecule has 422 valence electrons. The number of halogens is 2. The van der Waals surface area contributed by atoms with Crippen LogP contribution in [-0.4, -0.2) is 104 Å². The second-order valence-corrected chi connectivity index (χ2v) is 19.9. The molecule has 0 radical (unpaired) electrons. The molecule has 0 unspecified atom stereocenters. The molecule has 0 aliphatic carbocycles. The van der Waals surface area contributed by atoms with Gasteiger partial charge in [-0.1, -0.05) is 88.2 Å². The van der Waals surface area contributed by atoms with E-state index in [9.17, 15) is 34.0 Å². The summed E-state index contributed by atoms with van der Waals surface area (Å²) in [6.07, 6.45) is 7.04. The Balaban J connectivity index is 0.000000700. The van der Waals surface area contributed by atoms with Crippen LogP contribution >= 0.6 is 23.2 Å². The number of Topliss-reactive ketones (excluding diaryl/α,β-unsaturated/α-hetero) is 3. The first-order valence-electron chi connectivity index (χ1n) is 26.8. The molecule has 2 amide bonds. The normalized spacial score (nSPS) is 15.5. The van der Waals surface area contributed by atoms with Crippen LogP contribution in [0.5, 0.6) is 23.0 Å². The molecule has 0 saturated heterocycles. The second kappa shape index (κ2) is 33.7. The van der Waals surface area contributed by atoms with E-state index < -0.39 is 47.5 Å². The molecule has 4 aromatic carbocycles. The highest BCUT2D eigenvalue weighted by atomic mass is 35.5. The van der Waals surface area contributed by atoms with Crippen molar-refractivity contribution in [2.45, 2.75) is 116 Å². The third-order valence-electron chi connectivity index (χ3n) is 13.0. The van der Waals surface area contributed by atoms with E-state index in [0.717, 1.165) is 44.9 Å². The minimum absolute atomic E-state index is 0.0304. The molecule has 1 aliphatic rings. The molecule has 1 aliphatic heterocycles. The number of unbranched alkanes of at least 4 members (excludes halogenated alkanes) is 5. The van der Waals surface area contributed by atoms with Crippen LogP contribution in [0, 0.1) is 23.2 Å². The number of benzene rings is 4. The summed E-state index contributed by atoms with van der Waals surface area (Å²) in [6, 6.07) is 19.7. The van der Waals surface area contributed by atoms with Crippen LogP contribution in [0.1, 0.15) is 136 Å². The van der Waals surface area contributed by atoms with E-state index in [1.807, 2.05) is 12.1 Å². The molecule has 4 aromatic rings. The van der Waals surface area contributed by atoms with Gasteiger partial charge in [0.2, 0.25) is 11.8 Å². The summed E-state index contributed by atoms with van der Waals surface area (Å²) in [5.41, 5.74) is 20.2. The first-order valence-corrected chi connectivity index (χ1v) is 27.5. The van der Waals surface area contributed by atoms with Gasteiger partial charge in [-0.05, 0) is 104 Å². The summed E-state index contributed by atoms with van der Waals surface area (Å²) in [7, 11) is 1.49. The number of fused-ring (bicyclic) bond motifs is 5. The van der Waals surface area contributed by atoms with Crippen molar-refractivity contribution in [3.63, 3.8) is 0 Å². The minimum Gasteiger partial charge on any atom is -0.494 e. The SMILES string of the molecule is CCCCCCOc1ccc(C(=O)C[C@@H](CCN)C(=O)N(C)[C@@H]2C(=O)C[C@@H](C)C(=O)N[C@H](C(=O)CCC#N)Cc3ccc(OCCN)c(c3)-c3cc2ccc3OCCN)c(Cl)c1.CCCCCOc1ccc(C(=O)O)c(Cl)c1. The minimum atomic E-state index is -1.24. The Morgan fingerprint density at radius 3 is 1.88 bits per heavy atom. The number of nitriles is 1. The number of nitrogens with zero attached hydrogens (tertiary/aromatic N) is 2. The molecule has 0 spiro atoms. The van der Waals surface area contributed by atoms with Gasteiger partial charge in [0.15, 0.2) is 17.3 Å². The lowest BCUT2D eigenvalue weighted by Gasteiger charge is -2.32. The van der Waals surface area contributed by atoms with Crippen LogP contribution in [0.25, 0.3) is 11.1 Å². The van der Waals surface area contributed by atoms with Gasteiger partial charge in [0.1, 0.15) is 42.3 Å². The largest absolute Gasteiger partial charge is 0.494 e. The zero-order chi connectivity index (χ0) is 57.1. The summed E-state index contributed by atoms with van der Waals surface area (Å²) in [5, 5.41) is 21.2. The number of aromatic carboxylic acids is 1. The number of carbonyl (C=O) groups excluding carboxylic acids is 5. The number of carboxylic acid groups (broad SMARTS) is 1. The van der Waals surface area contributed by atoms with Crippen molar-refractivity contribution in [2.24, 2.45) is 29.0 Å². The summed E-state index contributed by atoms with van der Waals surface area (Å²) in [4.78, 5) is 82.3. The fourth-order valence-corrected chi connectivity index (χ4v) is 9.33. The Morgan fingerprint density at radius 2 is 1.32 bits per heavy atom. The number of carbonyl (C=O) groups is 6. The average molecular weight is 1120 g/mol. The zero-order valence-electron chi connectivity index (χ0n) is 45.3. The number of amides is 2. The topological polar surface area (TPSA) is 277 Å². The summed E-state index contributed by atoms with van der Waals surface area (Å²) in [6.45, 7) is 7.85. The number of nitrogens with two attached hydrogens (primary N) is 3. The monoisotopic (exact) mass is 1110 g/mol. The lowest BCUT2D eigenvalue weighted by atomic mass is 9.88. The van der Waals surface area contributed by atoms with Crippen molar-refractivity contribution in [2.75, 3.05) is 53.1 Å². The van der Waals surface area contributed by atoms with Gasteiger partial charge in [-0.25, -0.2) is 4.79 Å². The van der Waals surface area contributed by atoms with Crippen molar-refractivity contribution < 1.29 is 52.8 Å². The van der Waals surface area contributed by atoms with Gasteiger partial charge < -0.3 is 51.5 Å². The molecular weight excluding hydrogens is 1040 g/mol. The van der Waals surface area contributed by atoms with Crippen molar-refractivity contribution in [3.8, 4) is 40.2 Å². The summed E-state index contributed by atoms with van der Waals surface area (Å²) >= 11 is 12.4. The van der Waals surface area contributed by atoms with Gasteiger partial charge in [0, 0.05) is 74.3 Å². The van der Waals surface area contributed by atoms with E-state index in [1.165, 1.54) is 24.1 Å². The van der Waals surface area contributed by atoms with E-state index in [1.54, 1.807) is 61.5 Å². The first kappa shape index (κ1) is 64.0. The van der Waals surface area contributed by atoms with Gasteiger partial charge in [-0.15, -0.1) is 0 Å². The summed E-state index contributed by atoms with van der Waals surface area (Å²) < 4.78 is 23.5. The Labute approximate surface area is 468 Å². The maximum absolute atomic E-state index is 14.6. The smallest absolute Gasteiger partial charge is 0.337 e. The third-order valence-corrected chi connectivity index (χ3v) is 13.6. The zero-order valence-corrected chi connectivity index (χ0v) is 46.8. The van der Waals surface area contributed by atoms with E-state index >= 15 is 0 Å². The predicted octanol–water partition coefficient (Wildman–Crippen LogP) is 9.49. The van der Waals surface area contributed by atoms with E-state index in [0.29, 0.717) is 58.5 Å². The molecule has 5 rings (SSSR count). The van der Waals surface area contributed by atoms with Crippen molar-refractivity contribution in [1.82, 2.24) is 10.2 Å². The number of nitrogens with one attached hydrogen (secondary N) is 1. The first-order chi connectivity index (χ1) is 37.5. The van der Waals surface area contributed by atoms with Crippen LogP contribution in [-0.2, 0) is 25.6 Å². The number of ether oxygens (including phenoxy) is 4. The number of hydrogen-bond acceptors (Lipinski definition) is 14. The summed E-state index contributed by atoms with van der Waals surface area (Å²) in [5.74, 6) is -3.08. The molecule has 19 heteroatoms. The highest BCUT2D eigenvalue weighted by Crippen LogP contribution is 2.41. The van der Waals surface area contributed by atoms with E-state index in [-0.39, 0.29) is 104 Å². The van der Waals surface area contributed by atoms with Crippen molar-refractivity contribution in [3.05, 3.63) is 105 Å². The molecule has 78 heavy (non-hydrogen) atoms. The van der Waals surface area contributed by atoms with Crippen molar-refractivity contribution in [1.29, 1.82) is 5.26 Å². The van der Waals surface area contributed by atoms with Gasteiger partial charge in [0.05, 0.1) is 40.9 Å². The molecule has 0 aromatic heterocycles. The van der Waals surface area contributed by atoms with Gasteiger partial charge in [-0.2, -0.15) is 5.26 Å². The molecule has 0 saturated carbocycles. The van der Waals surface area contributed by atoms with Crippen LogP contribution in [0.3, 0.4) is 0 Å². The lowest BCUT2D eigenvalue weighted by Crippen LogP contribution is -2.46. The molecule has 17 nitrogen and oxygen atoms in total. The average Bonchev–Trinajstić information content (AvgIpc) is 3.45. The molecule has 4 bridgehead atoms. The quantitative estimate of drug-likeness (QED) is 0.0262. The standard InChI is InChI=1S/C47H61ClN6O8.C12H15ClO3/c1-4-5-6-7-21-60-34-12-13-35(38(48)29-34)41(56)28-33(16-18-50)47(59)54(3)45-32-11-15-44(62-23-20-52)37(27-32)36-25-31(10-14-43(36)61-22-19-51)26-39(40(55)9-8-17-49)53-46(58)30(2)24-42(45)57;1-2-3-4-7-16-9-5-6-10(12(14)15)11(13)8-9/h10-15,25,27,29-30,33,39,45H,4-9,16,18-24,26,28,50-52H2,1-3H3,(H,53,58);5-6,8H,2-4,7H2,1H3,(H,14,15)/t30-,33-,39+,45+;/m1./s1. The molecule has 4 atom stereocenters. The Hall–Kier alpha value is -6.55. The number of hydrogen-bond donors (Lipinski definition) is 5. The maximum Gasteiger partial charge on any atom is 0.337 e. The maximum atomic E-state index is 14.6. The van der Waals surface area contributed by atoms with Gasteiger partial charge in [0.25, 0.3) is 0 Å². The lowest BCUT2D eigenvalue weighted by molar-refractivity contribution is -0.142. The Kier molecular flexibility index (Phi) is 27.6. The number of likely N-dealkylation sites (N-methyl/N-ethyl adjacent to an activating group) is 1. The highest BCUT2D eigenvalue weighted by molar-refractivity contribution is 6.34. The van der Waals surface area contributed by atoms with E-state index in [4.69, 9.17) is 64.5 Å². The van der Waals surface area contributed by atoms with Crippen LogP contribution in [0.15, 0.2) is 72.8 Å². The van der Waals surface area contributed by atoms with E-state index in [2.05, 4.69) is 19.2 Å². The van der Waals surface area contributed by atoms with Crippen LogP contribution in [0.4, 0.5) is 0 Å². The second-order valence-electron chi connectivity index (χ2n) is 19.1. The van der Waals surface area contributed by atoms with Crippen LogP contribution in [0.2, 0.25) is 10.0 Å². The van der Waals surface area contributed by atoms with Gasteiger partial charge >= 0.3 is 5.97 Å². The predicted molar refractivity (Wildman–Crippen MR) is 301 cm³/mol. The highest BCUT2D eigenvalue weighted by Gasteiger charge is 2.36. The fourth-order valence-electron chi connectivity index (χ4n) is 8.81. The molecule has 1 heterocycles. The van der Waals surface area contributed by atoms with Crippen LogP contribution < -0.4 is 41.5 Å². The molecule has 0 fully saturated rings. The molecular formula is C59H76Cl2N6O11.